The van der Waals surface area contributed by atoms with E-state index in [1.807, 2.05) is 11.9 Å². The number of pyridine rings is 1. The van der Waals surface area contributed by atoms with Crippen LogP contribution in [0.3, 0.4) is 0 Å². The van der Waals surface area contributed by atoms with Gasteiger partial charge in [0, 0.05) is 50.0 Å². The van der Waals surface area contributed by atoms with Gasteiger partial charge in [0.25, 0.3) is 0 Å². The molecule has 1 N–H and O–H groups in total. The van der Waals surface area contributed by atoms with Crippen LogP contribution in [0.5, 0.6) is 0 Å². The Labute approximate surface area is 223 Å². The number of halogens is 3. The van der Waals surface area contributed by atoms with Crippen molar-refractivity contribution < 1.29 is 22.7 Å². The topological polar surface area (TPSA) is 54.5 Å². The minimum Gasteiger partial charge on any atom is -0.381 e. The van der Waals surface area contributed by atoms with Crippen LogP contribution in [0.1, 0.15) is 96.9 Å². The number of hydrogen-bond donors (Lipinski definition) is 1. The van der Waals surface area contributed by atoms with E-state index in [1.165, 1.54) is 18.9 Å². The van der Waals surface area contributed by atoms with Crippen molar-refractivity contribution in [1.29, 1.82) is 0 Å². The number of fused-ring (bicyclic) bond motifs is 1. The van der Waals surface area contributed by atoms with Gasteiger partial charge in [-0.05, 0) is 63.7 Å². The van der Waals surface area contributed by atoms with Crippen LogP contribution in [0.2, 0.25) is 0 Å². The lowest BCUT2D eigenvalue weighted by molar-refractivity contribution is -0.138. The first kappa shape index (κ1) is 35.5. The summed E-state index contributed by atoms with van der Waals surface area (Å²) in [5.74, 6) is 0.775. The van der Waals surface area contributed by atoms with E-state index in [0.29, 0.717) is 24.1 Å². The molecule has 5 nitrogen and oxygen atoms in total. The Kier molecular flexibility index (Phi) is 19.6. The predicted molar refractivity (Wildman–Crippen MR) is 147 cm³/mol. The molecule has 2 heterocycles. The first-order chi connectivity index (χ1) is 17.5. The standard InChI is InChI=1S/C16H33NO2.C10H11F3N2.C3H8/c1-5-7-11-19-13-14(3)15(4)17-10-8-9-16(6-2)12-18;1-15-3-2-9-7(6-15)4-8(5-14-9)10(11,12)13;1-3-2/h12,14-17H,5-11,13H2,1-4H3;4-5H,2-3,6H2,1H3;3H2,1-2H3. The van der Waals surface area contributed by atoms with Gasteiger partial charge in [-0.1, -0.05) is 47.5 Å². The van der Waals surface area contributed by atoms with Crippen molar-refractivity contribution in [3.8, 4) is 0 Å². The molecule has 0 saturated carbocycles. The van der Waals surface area contributed by atoms with Crippen LogP contribution in [0, 0.1) is 11.8 Å². The number of alkyl halides is 3. The lowest BCUT2D eigenvalue weighted by Gasteiger charge is -2.24. The van der Waals surface area contributed by atoms with Crippen molar-refractivity contribution in [2.45, 2.75) is 105 Å². The van der Waals surface area contributed by atoms with E-state index < -0.39 is 11.7 Å². The average molecular weight is 532 g/mol. The van der Waals surface area contributed by atoms with Crippen molar-refractivity contribution in [2.75, 3.05) is 33.4 Å². The van der Waals surface area contributed by atoms with Gasteiger partial charge in [0.2, 0.25) is 0 Å². The van der Waals surface area contributed by atoms with Crippen LogP contribution in [0.25, 0.3) is 0 Å². The zero-order valence-electron chi connectivity index (χ0n) is 24.3. The highest BCUT2D eigenvalue weighted by Crippen LogP contribution is 2.30. The molecule has 0 bridgehead atoms. The molecule has 8 heteroatoms. The van der Waals surface area contributed by atoms with Gasteiger partial charge in [-0.3, -0.25) is 4.98 Å². The molecule has 1 aromatic heterocycles. The zero-order chi connectivity index (χ0) is 28.3. The molecule has 0 radical (unpaired) electrons. The van der Waals surface area contributed by atoms with Crippen molar-refractivity contribution in [1.82, 2.24) is 15.2 Å². The van der Waals surface area contributed by atoms with Crippen LogP contribution < -0.4 is 5.32 Å². The normalized spacial score (nSPS) is 15.8. The summed E-state index contributed by atoms with van der Waals surface area (Å²) in [6.07, 6.45) is 5.07. The maximum absolute atomic E-state index is 12.4. The number of nitrogens with one attached hydrogen (secondary N) is 1. The molecule has 1 aliphatic rings. The van der Waals surface area contributed by atoms with E-state index in [1.54, 1.807) is 0 Å². The molecule has 3 atom stereocenters. The van der Waals surface area contributed by atoms with Crippen LogP contribution in [-0.2, 0) is 28.7 Å². The molecule has 1 aliphatic heterocycles. The lowest BCUT2D eigenvalue weighted by atomic mass is 10.0. The summed E-state index contributed by atoms with van der Waals surface area (Å²) < 4.78 is 42.9. The van der Waals surface area contributed by atoms with E-state index in [4.69, 9.17) is 4.74 Å². The van der Waals surface area contributed by atoms with Gasteiger partial charge in [-0.2, -0.15) is 13.2 Å². The lowest BCUT2D eigenvalue weighted by Crippen LogP contribution is -2.35. The summed E-state index contributed by atoms with van der Waals surface area (Å²) in [4.78, 5) is 16.6. The third-order valence-electron chi connectivity index (χ3n) is 6.37. The molecule has 1 aromatic rings. The average Bonchev–Trinajstić information content (AvgIpc) is 2.86. The number of ether oxygens (including phenoxy) is 1. The number of hydrogen-bond acceptors (Lipinski definition) is 5. The first-order valence-corrected chi connectivity index (χ1v) is 14.0. The Morgan fingerprint density at radius 1 is 1.19 bits per heavy atom. The molecular formula is C29H52F3N3O2. The summed E-state index contributed by atoms with van der Waals surface area (Å²) in [7, 11) is 1.89. The quantitative estimate of drug-likeness (QED) is 0.221. The van der Waals surface area contributed by atoms with Gasteiger partial charge in [-0.15, -0.1) is 0 Å². The second-order valence-electron chi connectivity index (χ2n) is 10.1. The Bertz CT molecular complexity index is 716. The first-order valence-electron chi connectivity index (χ1n) is 14.0. The molecule has 37 heavy (non-hydrogen) atoms. The minimum atomic E-state index is -4.29. The molecule has 0 saturated heterocycles. The molecule has 0 fully saturated rings. The smallest absolute Gasteiger partial charge is 0.381 e. The Hall–Kier alpha value is -1.51. The fourth-order valence-electron chi connectivity index (χ4n) is 3.65. The van der Waals surface area contributed by atoms with E-state index in [-0.39, 0.29) is 5.92 Å². The second-order valence-corrected chi connectivity index (χ2v) is 10.1. The number of aldehydes is 1. The zero-order valence-corrected chi connectivity index (χ0v) is 24.3. The van der Waals surface area contributed by atoms with Crippen molar-refractivity contribution in [3.05, 3.63) is 29.1 Å². The number of unbranched alkanes of at least 4 members (excludes halogenated alkanes) is 1. The van der Waals surface area contributed by atoms with E-state index in [0.717, 1.165) is 76.6 Å². The number of nitrogens with zero attached hydrogens (tertiary/aromatic N) is 2. The predicted octanol–water partition coefficient (Wildman–Crippen LogP) is 6.93. The molecule has 0 aliphatic carbocycles. The van der Waals surface area contributed by atoms with E-state index >= 15 is 0 Å². The summed E-state index contributed by atoms with van der Waals surface area (Å²) in [6, 6.07) is 1.68. The monoisotopic (exact) mass is 531 g/mol. The number of likely N-dealkylation sites (N-methyl/N-ethyl adjacent to an activating group) is 1. The largest absolute Gasteiger partial charge is 0.417 e. The summed E-state index contributed by atoms with van der Waals surface area (Å²) in [6.45, 7) is 17.0. The maximum atomic E-state index is 12.4. The Balaban J connectivity index is 0.000000643. The highest BCUT2D eigenvalue weighted by Gasteiger charge is 2.32. The summed E-state index contributed by atoms with van der Waals surface area (Å²) >= 11 is 0. The molecule has 0 amide bonds. The summed E-state index contributed by atoms with van der Waals surface area (Å²) in [5, 5.41) is 3.53. The highest BCUT2D eigenvalue weighted by molar-refractivity contribution is 5.53. The third kappa shape index (κ3) is 16.1. The number of rotatable bonds is 13. The van der Waals surface area contributed by atoms with Gasteiger partial charge < -0.3 is 19.7 Å². The molecule has 0 aromatic carbocycles. The van der Waals surface area contributed by atoms with E-state index in [2.05, 4.69) is 51.8 Å². The summed E-state index contributed by atoms with van der Waals surface area (Å²) in [5.41, 5.74) is 0.830. The Morgan fingerprint density at radius 2 is 1.86 bits per heavy atom. The fourth-order valence-corrected chi connectivity index (χ4v) is 3.65. The SMILES string of the molecule is CCC.CCCCOCC(C)C(C)NCCCC(C=O)CC.CN1CCc2ncc(C(F)(F)F)cc2C1. The van der Waals surface area contributed by atoms with Gasteiger partial charge >= 0.3 is 6.18 Å². The van der Waals surface area contributed by atoms with Gasteiger partial charge in [0.1, 0.15) is 6.29 Å². The van der Waals surface area contributed by atoms with Gasteiger partial charge in [-0.25, -0.2) is 0 Å². The highest BCUT2D eigenvalue weighted by atomic mass is 19.4. The van der Waals surface area contributed by atoms with Crippen LogP contribution in [-0.4, -0.2) is 55.6 Å². The van der Waals surface area contributed by atoms with Gasteiger partial charge in [0.15, 0.2) is 0 Å². The van der Waals surface area contributed by atoms with Crippen LogP contribution >= 0.6 is 0 Å². The van der Waals surface area contributed by atoms with Gasteiger partial charge in [0.05, 0.1) is 12.2 Å². The number of carbonyl (C=O) groups is 1. The minimum absolute atomic E-state index is 0.243. The van der Waals surface area contributed by atoms with Crippen molar-refractivity contribution >= 4 is 6.29 Å². The van der Waals surface area contributed by atoms with Crippen LogP contribution in [0.15, 0.2) is 12.3 Å². The van der Waals surface area contributed by atoms with E-state index in [9.17, 15) is 18.0 Å². The number of carbonyl (C=O) groups excluding carboxylic acids is 1. The molecular weight excluding hydrogens is 479 g/mol. The van der Waals surface area contributed by atoms with Crippen molar-refractivity contribution in [3.63, 3.8) is 0 Å². The van der Waals surface area contributed by atoms with Crippen LogP contribution in [0.4, 0.5) is 13.2 Å². The maximum Gasteiger partial charge on any atom is 0.417 e. The van der Waals surface area contributed by atoms with Crippen molar-refractivity contribution in [2.24, 2.45) is 11.8 Å². The molecule has 3 unspecified atom stereocenters. The molecule has 2 rings (SSSR count). The molecule has 0 spiro atoms. The fraction of sp³-hybridized carbons (Fsp3) is 0.793. The number of aromatic nitrogens is 1. The third-order valence-corrected chi connectivity index (χ3v) is 6.37. The Morgan fingerprint density at radius 3 is 2.43 bits per heavy atom. The molecule has 216 valence electrons. The second kappa shape index (κ2) is 20.5.